The van der Waals surface area contributed by atoms with Crippen molar-refractivity contribution >= 4 is 27.4 Å². The Kier molecular flexibility index (Phi) is 5.92. The van der Waals surface area contributed by atoms with Crippen molar-refractivity contribution < 1.29 is 9.47 Å². The van der Waals surface area contributed by atoms with Gasteiger partial charge in [-0.25, -0.2) is 9.97 Å². The van der Waals surface area contributed by atoms with Gasteiger partial charge in [0.05, 0.1) is 31.8 Å². The Labute approximate surface area is 165 Å². The predicted octanol–water partition coefficient (Wildman–Crippen LogP) is 3.10. The molecule has 148 valence electrons. The van der Waals surface area contributed by atoms with E-state index in [0.29, 0.717) is 6.61 Å². The topological polar surface area (TPSA) is 59.5 Å². The van der Waals surface area contributed by atoms with E-state index in [1.165, 1.54) is 28.7 Å². The van der Waals surface area contributed by atoms with E-state index in [1.54, 1.807) is 7.11 Å². The Bertz CT molecular complexity index is 788. The standard InChI is InChI=1S/C20H30N4O2S/c1-13-4-5-15-16(10-13)27-20-18(15)19(21-14(2)12-25-3)22-17(23-20)11-24-6-8-26-9-7-24/h13-14H,4-12H2,1-3H3,(H,21,22,23)/t13-,14+/m0/s1. The fourth-order valence-electron chi connectivity index (χ4n) is 4.05. The van der Waals surface area contributed by atoms with Crippen LogP contribution in [0.25, 0.3) is 10.2 Å². The molecule has 0 bridgehead atoms. The molecule has 0 unspecified atom stereocenters. The lowest BCUT2D eigenvalue weighted by molar-refractivity contribution is 0.0331. The fraction of sp³-hybridized carbons (Fsp3) is 0.700. The molecule has 1 fully saturated rings. The Morgan fingerprint density at radius 3 is 2.93 bits per heavy atom. The van der Waals surface area contributed by atoms with E-state index in [2.05, 4.69) is 24.1 Å². The summed E-state index contributed by atoms with van der Waals surface area (Å²) in [5, 5.41) is 4.84. The maximum atomic E-state index is 5.47. The second-order valence-electron chi connectivity index (χ2n) is 7.91. The first-order chi connectivity index (χ1) is 13.1. The van der Waals surface area contributed by atoms with E-state index < -0.39 is 0 Å². The molecule has 1 saturated heterocycles. The van der Waals surface area contributed by atoms with Crippen molar-refractivity contribution in [2.45, 2.75) is 45.7 Å². The van der Waals surface area contributed by atoms with Gasteiger partial charge in [-0.15, -0.1) is 11.3 Å². The first-order valence-corrected chi connectivity index (χ1v) is 10.8. The molecule has 7 heteroatoms. The minimum absolute atomic E-state index is 0.211. The number of ether oxygens (including phenoxy) is 2. The average molecular weight is 391 g/mol. The molecule has 0 aromatic carbocycles. The molecule has 0 saturated carbocycles. The van der Waals surface area contributed by atoms with Crippen molar-refractivity contribution in [3.63, 3.8) is 0 Å². The molecule has 0 radical (unpaired) electrons. The van der Waals surface area contributed by atoms with Crippen LogP contribution in [0.5, 0.6) is 0 Å². The molecule has 1 aliphatic carbocycles. The van der Waals surface area contributed by atoms with E-state index in [-0.39, 0.29) is 6.04 Å². The second kappa shape index (κ2) is 8.39. The van der Waals surface area contributed by atoms with Gasteiger partial charge in [0, 0.05) is 31.1 Å². The summed E-state index contributed by atoms with van der Waals surface area (Å²) in [6.45, 7) is 9.42. The summed E-state index contributed by atoms with van der Waals surface area (Å²) in [6.07, 6.45) is 3.56. The van der Waals surface area contributed by atoms with Crippen molar-refractivity contribution in [2.75, 3.05) is 45.3 Å². The number of nitrogens with zero attached hydrogens (tertiary/aromatic N) is 3. The zero-order valence-corrected chi connectivity index (χ0v) is 17.4. The van der Waals surface area contributed by atoms with Gasteiger partial charge >= 0.3 is 0 Å². The molecular formula is C20H30N4O2S. The lowest BCUT2D eigenvalue weighted by atomic mass is 9.89. The lowest BCUT2D eigenvalue weighted by Crippen LogP contribution is -2.36. The zero-order chi connectivity index (χ0) is 18.8. The number of anilines is 1. The second-order valence-corrected chi connectivity index (χ2v) is 8.99. The van der Waals surface area contributed by atoms with E-state index in [4.69, 9.17) is 19.4 Å². The minimum Gasteiger partial charge on any atom is -0.383 e. The SMILES string of the molecule is COC[C@@H](C)Nc1nc(CN2CCOCC2)nc2sc3c(c12)CC[C@H](C)C3. The number of hydrogen-bond donors (Lipinski definition) is 1. The molecule has 4 rings (SSSR count). The van der Waals surface area contributed by atoms with Gasteiger partial charge in [0.1, 0.15) is 16.5 Å². The Morgan fingerprint density at radius 1 is 1.33 bits per heavy atom. The summed E-state index contributed by atoms with van der Waals surface area (Å²) >= 11 is 1.87. The first-order valence-electron chi connectivity index (χ1n) is 10.0. The molecule has 0 amide bonds. The Morgan fingerprint density at radius 2 is 2.15 bits per heavy atom. The van der Waals surface area contributed by atoms with Crippen molar-refractivity contribution in [1.82, 2.24) is 14.9 Å². The average Bonchev–Trinajstić information content (AvgIpc) is 3.00. The normalized spacial score (nSPS) is 22.0. The third-order valence-corrected chi connectivity index (χ3v) is 6.62. The molecule has 6 nitrogen and oxygen atoms in total. The van der Waals surface area contributed by atoms with Crippen LogP contribution in [0.4, 0.5) is 5.82 Å². The van der Waals surface area contributed by atoms with Crippen molar-refractivity contribution in [3.05, 3.63) is 16.3 Å². The van der Waals surface area contributed by atoms with Crippen LogP contribution < -0.4 is 5.32 Å². The summed E-state index contributed by atoms with van der Waals surface area (Å²) < 4.78 is 10.8. The van der Waals surface area contributed by atoms with Gasteiger partial charge in [0.2, 0.25) is 0 Å². The van der Waals surface area contributed by atoms with Gasteiger partial charge in [0.15, 0.2) is 0 Å². The molecule has 2 aliphatic rings. The number of aromatic nitrogens is 2. The van der Waals surface area contributed by atoms with Crippen LogP contribution in [0.15, 0.2) is 0 Å². The Balaban J connectivity index is 1.70. The number of rotatable bonds is 6. The monoisotopic (exact) mass is 390 g/mol. The number of nitrogens with one attached hydrogen (secondary N) is 1. The zero-order valence-electron chi connectivity index (χ0n) is 16.6. The van der Waals surface area contributed by atoms with E-state index in [1.807, 2.05) is 11.3 Å². The highest BCUT2D eigenvalue weighted by Gasteiger charge is 2.25. The molecule has 1 N–H and O–H groups in total. The van der Waals surface area contributed by atoms with Crippen LogP contribution >= 0.6 is 11.3 Å². The van der Waals surface area contributed by atoms with E-state index in [9.17, 15) is 0 Å². The minimum atomic E-state index is 0.211. The van der Waals surface area contributed by atoms with Gasteiger partial charge in [0.25, 0.3) is 0 Å². The van der Waals surface area contributed by atoms with Gasteiger partial charge in [-0.2, -0.15) is 0 Å². The lowest BCUT2D eigenvalue weighted by Gasteiger charge is -2.26. The summed E-state index contributed by atoms with van der Waals surface area (Å²) in [4.78, 5) is 14.9. The van der Waals surface area contributed by atoms with Gasteiger partial charge in [-0.3, -0.25) is 4.90 Å². The molecule has 2 atom stereocenters. The molecule has 1 aliphatic heterocycles. The number of hydrogen-bond acceptors (Lipinski definition) is 7. The molecule has 3 heterocycles. The summed E-state index contributed by atoms with van der Waals surface area (Å²) in [7, 11) is 1.74. The third kappa shape index (κ3) is 4.26. The molecule has 2 aromatic rings. The predicted molar refractivity (Wildman–Crippen MR) is 110 cm³/mol. The van der Waals surface area contributed by atoms with Gasteiger partial charge in [-0.1, -0.05) is 6.92 Å². The molecule has 0 spiro atoms. The Hall–Kier alpha value is -1.28. The van der Waals surface area contributed by atoms with Crippen molar-refractivity contribution in [3.8, 4) is 0 Å². The summed E-state index contributed by atoms with van der Waals surface area (Å²) in [6, 6.07) is 0.211. The smallest absolute Gasteiger partial charge is 0.146 e. The highest BCUT2D eigenvalue weighted by atomic mass is 32.1. The number of methoxy groups -OCH3 is 1. The summed E-state index contributed by atoms with van der Waals surface area (Å²) in [5.74, 6) is 2.65. The largest absolute Gasteiger partial charge is 0.383 e. The van der Waals surface area contributed by atoms with E-state index in [0.717, 1.165) is 61.7 Å². The molecule has 27 heavy (non-hydrogen) atoms. The van der Waals surface area contributed by atoms with Crippen molar-refractivity contribution in [1.29, 1.82) is 0 Å². The number of fused-ring (bicyclic) bond motifs is 3. The summed E-state index contributed by atoms with van der Waals surface area (Å²) in [5.41, 5.74) is 1.47. The number of thiophene rings is 1. The van der Waals surface area contributed by atoms with Crippen LogP contribution in [0.3, 0.4) is 0 Å². The number of morpholine rings is 1. The van der Waals surface area contributed by atoms with Crippen molar-refractivity contribution in [2.24, 2.45) is 5.92 Å². The fourth-order valence-corrected chi connectivity index (χ4v) is 5.45. The highest BCUT2D eigenvalue weighted by Crippen LogP contribution is 2.40. The number of aryl methyl sites for hydroxylation is 1. The quantitative estimate of drug-likeness (QED) is 0.818. The molecule has 2 aromatic heterocycles. The molecular weight excluding hydrogens is 360 g/mol. The first kappa shape index (κ1) is 19.1. The van der Waals surface area contributed by atoms with Crippen LogP contribution in [-0.2, 0) is 28.9 Å². The van der Waals surface area contributed by atoms with Gasteiger partial charge in [-0.05, 0) is 37.7 Å². The van der Waals surface area contributed by atoms with Crippen LogP contribution in [0.2, 0.25) is 0 Å². The maximum Gasteiger partial charge on any atom is 0.146 e. The van der Waals surface area contributed by atoms with E-state index >= 15 is 0 Å². The van der Waals surface area contributed by atoms with Gasteiger partial charge < -0.3 is 14.8 Å². The van der Waals surface area contributed by atoms with Crippen LogP contribution in [0, 0.1) is 5.92 Å². The maximum absolute atomic E-state index is 5.47. The third-order valence-electron chi connectivity index (χ3n) is 5.47. The van der Waals surface area contributed by atoms with Crippen LogP contribution in [-0.4, -0.2) is 60.9 Å². The van der Waals surface area contributed by atoms with Crippen LogP contribution in [0.1, 0.15) is 36.5 Å². The highest BCUT2D eigenvalue weighted by molar-refractivity contribution is 7.19.